The Morgan fingerprint density at radius 3 is 2.56 bits per heavy atom. The molecule has 0 saturated heterocycles. The molecule has 3 rings (SSSR count). The van der Waals surface area contributed by atoms with Gasteiger partial charge in [0.1, 0.15) is 18.2 Å². The monoisotopic (exact) mass is 531 g/mol. The SMILES string of the molecule is Fc1cccc(COc2c(Br)cc(Br)cc2CNc2ccc(Cl)cc2Cl)c1. The van der Waals surface area contributed by atoms with Gasteiger partial charge in [-0.2, -0.15) is 0 Å². The molecule has 3 aromatic rings. The van der Waals surface area contributed by atoms with Crippen LogP contribution in [0.2, 0.25) is 10.0 Å². The van der Waals surface area contributed by atoms with Crippen molar-refractivity contribution in [2.75, 3.05) is 5.32 Å². The molecule has 0 aliphatic heterocycles. The van der Waals surface area contributed by atoms with Gasteiger partial charge in [0.05, 0.1) is 15.2 Å². The van der Waals surface area contributed by atoms with E-state index in [2.05, 4.69) is 37.2 Å². The maximum absolute atomic E-state index is 13.4. The van der Waals surface area contributed by atoms with Gasteiger partial charge >= 0.3 is 0 Å². The highest BCUT2D eigenvalue weighted by Gasteiger charge is 2.12. The van der Waals surface area contributed by atoms with Crippen LogP contribution in [0.3, 0.4) is 0 Å². The van der Waals surface area contributed by atoms with Gasteiger partial charge in [0.2, 0.25) is 0 Å². The molecule has 0 atom stereocenters. The van der Waals surface area contributed by atoms with Crippen molar-refractivity contribution in [2.24, 2.45) is 0 Å². The number of hydrogen-bond donors (Lipinski definition) is 1. The van der Waals surface area contributed by atoms with Crippen LogP contribution in [0.15, 0.2) is 63.5 Å². The van der Waals surface area contributed by atoms with Gasteiger partial charge in [-0.1, -0.05) is 51.3 Å². The van der Waals surface area contributed by atoms with Gasteiger partial charge in [-0.3, -0.25) is 0 Å². The summed E-state index contributed by atoms with van der Waals surface area (Å²) in [7, 11) is 0. The minimum atomic E-state index is -0.287. The fraction of sp³-hybridized carbons (Fsp3) is 0.100. The minimum absolute atomic E-state index is 0.257. The molecule has 140 valence electrons. The second-order valence-electron chi connectivity index (χ2n) is 5.77. The minimum Gasteiger partial charge on any atom is -0.487 e. The Morgan fingerprint density at radius 2 is 1.81 bits per heavy atom. The Bertz CT molecular complexity index is 969. The zero-order valence-corrected chi connectivity index (χ0v) is 18.6. The smallest absolute Gasteiger partial charge is 0.139 e. The lowest BCUT2D eigenvalue weighted by Gasteiger charge is -2.16. The Balaban J connectivity index is 1.79. The first-order valence-electron chi connectivity index (χ1n) is 7.96. The van der Waals surface area contributed by atoms with Gasteiger partial charge in [-0.15, -0.1) is 0 Å². The zero-order chi connectivity index (χ0) is 19.4. The molecule has 0 aliphatic carbocycles. The van der Waals surface area contributed by atoms with E-state index in [1.807, 2.05) is 24.3 Å². The third-order valence-electron chi connectivity index (χ3n) is 3.76. The van der Waals surface area contributed by atoms with Crippen LogP contribution in [-0.2, 0) is 13.2 Å². The van der Waals surface area contributed by atoms with Crippen molar-refractivity contribution < 1.29 is 9.13 Å². The van der Waals surface area contributed by atoms with Gasteiger partial charge in [-0.25, -0.2) is 4.39 Å². The molecule has 1 N–H and O–H groups in total. The molecular formula is C20H14Br2Cl2FNO. The molecule has 0 aliphatic rings. The maximum Gasteiger partial charge on any atom is 0.139 e. The number of ether oxygens (including phenoxy) is 1. The van der Waals surface area contributed by atoms with Gasteiger partial charge in [0.25, 0.3) is 0 Å². The van der Waals surface area contributed by atoms with E-state index in [1.165, 1.54) is 12.1 Å². The van der Waals surface area contributed by atoms with Crippen LogP contribution in [0.4, 0.5) is 10.1 Å². The first-order valence-corrected chi connectivity index (χ1v) is 10.3. The largest absolute Gasteiger partial charge is 0.487 e. The van der Waals surface area contributed by atoms with Crippen molar-refractivity contribution in [3.8, 4) is 5.75 Å². The lowest BCUT2D eigenvalue weighted by molar-refractivity contribution is 0.300. The molecule has 0 saturated carbocycles. The van der Waals surface area contributed by atoms with E-state index in [4.69, 9.17) is 27.9 Å². The van der Waals surface area contributed by atoms with Crippen LogP contribution < -0.4 is 10.1 Å². The summed E-state index contributed by atoms with van der Waals surface area (Å²) < 4.78 is 21.1. The maximum atomic E-state index is 13.4. The number of rotatable bonds is 6. The van der Waals surface area contributed by atoms with E-state index >= 15 is 0 Å². The van der Waals surface area contributed by atoms with Crippen LogP contribution in [0.25, 0.3) is 0 Å². The molecule has 0 bridgehead atoms. The number of halogens is 5. The lowest BCUT2D eigenvalue weighted by Crippen LogP contribution is -2.05. The highest BCUT2D eigenvalue weighted by Crippen LogP contribution is 2.35. The molecule has 27 heavy (non-hydrogen) atoms. The van der Waals surface area contributed by atoms with Crippen molar-refractivity contribution >= 4 is 60.7 Å². The quantitative estimate of drug-likeness (QED) is 0.348. The van der Waals surface area contributed by atoms with Crippen molar-refractivity contribution in [1.82, 2.24) is 0 Å². The summed E-state index contributed by atoms with van der Waals surface area (Å²) >= 11 is 19.2. The van der Waals surface area contributed by atoms with Crippen LogP contribution in [0.5, 0.6) is 5.75 Å². The van der Waals surface area contributed by atoms with Crippen molar-refractivity contribution in [3.05, 3.63) is 90.5 Å². The second kappa shape index (κ2) is 9.28. The Hall–Kier alpha value is -1.27. The highest BCUT2D eigenvalue weighted by atomic mass is 79.9. The molecule has 0 aromatic heterocycles. The summed E-state index contributed by atoms with van der Waals surface area (Å²) in [6, 6.07) is 15.5. The highest BCUT2D eigenvalue weighted by molar-refractivity contribution is 9.11. The predicted molar refractivity (Wildman–Crippen MR) is 116 cm³/mol. The third-order valence-corrected chi connectivity index (χ3v) is 5.35. The molecule has 0 amide bonds. The van der Waals surface area contributed by atoms with Gasteiger partial charge in [0.15, 0.2) is 0 Å². The van der Waals surface area contributed by atoms with Crippen molar-refractivity contribution in [1.29, 1.82) is 0 Å². The van der Waals surface area contributed by atoms with E-state index in [1.54, 1.807) is 18.2 Å². The van der Waals surface area contributed by atoms with Crippen LogP contribution in [0.1, 0.15) is 11.1 Å². The average Bonchev–Trinajstić information content (AvgIpc) is 2.60. The van der Waals surface area contributed by atoms with E-state index < -0.39 is 0 Å². The van der Waals surface area contributed by atoms with E-state index in [0.717, 1.165) is 25.8 Å². The zero-order valence-electron chi connectivity index (χ0n) is 13.9. The van der Waals surface area contributed by atoms with Crippen LogP contribution >= 0.6 is 55.1 Å². The van der Waals surface area contributed by atoms with Gasteiger partial charge in [0, 0.05) is 21.6 Å². The van der Waals surface area contributed by atoms with E-state index in [0.29, 0.717) is 22.3 Å². The lowest BCUT2D eigenvalue weighted by atomic mass is 10.2. The molecule has 7 heteroatoms. The van der Waals surface area contributed by atoms with Gasteiger partial charge in [-0.05, 0) is 64.0 Å². The van der Waals surface area contributed by atoms with Crippen LogP contribution in [-0.4, -0.2) is 0 Å². The topological polar surface area (TPSA) is 21.3 Å². The summed E-state index contributed by atoms with van der Waals surface area (Å²) in [6.45, 7) is 0.741. The number of hydrogen-bond acceptors (Lipinski definition) is 2. The van der Waals surface area contributed by atoms with E-state index in [9.17, 15) is 4.39 Å². The van der Waals surface area contributed by atoms with Crippen LogP contribution in [0, 0.1) is 5.82 Å². The van der Waals surface area contributed by atoms with Crippen molar-refractivity contribution in [3.63, 3.8) is 0 Å². The first-order chi connectivity index (χ1) is 12.9. The Kier molecular flexibility index (Phi) is 7.04. The molecule has 2 nitrogen and oxygen atoms in total. The molecule has 0 heterocycles. The fourth-order valence-electron chi connectivity index (χ4n) is 2.51. The van der Waals surface area contributed by atoms with Crippen molar-refractivity contribution in [2.45, 2.75) is 13.2 Å². The molecule has 0 spiro atoms. The standard InChI is InChI=1S/C20H14Br2Cl2FNO/c21-14-7-13(10-26-19-5-4-15(23)9-18(19)24)20(17(22)8-14)27-11-12-2-1-3-16(25)6-12/h1-9,26H,10-11H2. The molecule has 3 aromatic carbocycles. The predicted octanol–water partition coefficient (Wildman–Crippen LogP) is 7.85. The first kappa shape index (κ1) is 20.5. The van der Waals surface area contributed by atoms with E-state index in [-0.39, 0.29) is 12.4 Å². The second-order valence-corrected chi connectivity index (χ2v) is 8.39. The summed E-state index contributed by atoms with van der Waals surface area (Å²) in [4.78, 5) is 0. The number of anilines is 1. The number of benzene rings is 3. The average molecular weight is 534 g/mol. The number of nitrogens with one attached hydrogen (secondary N) is 1. The molecule has 0 unspecified atom stereocenters. The molecule has 0 radical (unpaired) electrons. The Labute approximate surface area is 183 Å². The third kappa shape index (κ3) is 5.61. The Morgan fingerprint density at radius 1 is 1.00 bits per heavy atom. The normalized spacial score (nSPS) is 10.7. The molecular weight excluding hydrogens is 520 g/mol. The summed E-state index contributed by atoms with van der Waals surface area (Å²) in [5.74, 6) is 0.394. The summed E-state index contributed by atoms with van der Waals surface area (Å²) in [5.41, 5.74) is 2.44. The summed E-state index contributed by atoms with van der Waals surface area (Å²) in [6.07, 6.45) is 0. The molecule has 0 fully saturated rings. The summed E-state index contributed by atoms with van der Waals surface area (Å²) in [5, 5.41) is 4.41. The fourth-order valence-corrected chi connectivity index (χ4v) is 4.42. The van der Waals surface area contributed by atoms with Gasteiger partial charge < -0.3 is 10.1 Å².